The molecule has 2 fully saturated rings. The number of carbonyl (C=O) groups excluding carboxylic acids is 1. The molecule has 2 aliphatic rings. The Bertz CT molecular complexity index is 429. The lowest BCUT2D eigenvalue weighted by molar-refractivity contribution is 0.197. The minimum Gasteiger partial charge on any atom is -0.468 e. The average Bonchev–Trinajstić information content (AvgIpc) is 3.09. The number of nitrogens with one attached hydrogen (secondary N) is 1. The minimum absolute atomic E-state index is 0.123. The van der Waals surface area contributed by atoms with Gasteiger partial charge < -0.3 is 14.6 Å². The molecule has 1 aliphatic heterocycles. The lowest BCUT2D eigenvalue weighted by Gasteiger charge is -2.23. The molecular weight excluding hydrogens is 272 g/mol. The molecule has 1 saturated carbocycles. The Hall–Kier alpha value is -1.10. The molecule has 0 bridgehead atoms. The molecule has 1 saturated heterocycles. The van der Waals surface area contributed by atoms with Crippen LogP contribution in [0.1, 0.15) is 43.1 Å². The Kier molecular flexibility index (Phi) is 4.55. The summed E-state index contributed by atoms with van der Waals surface area (Å²) in [6, 6.07) is 4.49. The molecule has 1 aromatic heterocycles. The van der Waals surface area contributed by atoms with Crippen LogP contribution in [0.25, 0.3) is 0 Å². The predicted molar refractivity (Wildman–Crippen MR) is 80.9 cm³/mol. The van der Waals surface area contributed by atoms with E-state index in [1.165, 1.54) is 12.8 Å². The van der Waals surface area contributed by atoms with E-state index in [2.05, 4.69) is 5.32 Å². The van der Waals surface area contributed by atoms with Crippen molar-refractivity contribution in [3.63, 3.8) is 0 Å². The normalized spacial score (nSPS) is 24.6. The third kappa shape index (κ3) is 3.32. The van der Waals surface area contributed by atoms with E-state index in [-0.39, 0.29) is 6.03 Å². The highest BCUT2D eigenvalue weighted by molar-refractivity contribution is 7.99. The van der Waals surface area contributed by atoms with Crippen molar-refractivity contribution in [2.45, 2.75) is 43.4 Å². The number of furan rings is 1. The lowest BCUT2D eigenvalue weighted by atomic mass is 10.2. The second kappa shape index (κ2) is 6.57. The van der Waals surface area contributed by atoms with Gasteiger partial charge in [0.05, 0.1) is 11.5 Å². The number of carbonyl (C=O) groups is 1. The molecule has 0 unspecified atom stereocenters. The van der Waals surface area contributed by atoms with Crippen molar-refractivity contribution in [3.8, 4) is 0 Å². The highest BCUT2D eigenvalue weighted by Crippen LogP contribution is 2.34. The van der Waals surface area contributed by atoms with Crippen molar-refractivity contribution >= 4 is 17.8 Å². The smallest absolute Gasteiger partial charge is 0.317 e. The van der Waals surface area contributed by atoms with Crippen LogP contribution in [0, 0.1) is 0 Å². The van der Waals surface area contributed by atoms with Crippen molar-refractivity contribution < 1.29 is 9.21 Å². The summed E-state index contributed by atoms with van der Waals surface area (Å²) >= 11 is 1.89. The van der Waals surface area contributed by atoms with Crippen molar-refractivity contribution in [1.82, 2.24) is 10.2 Å². The fourth-order valence-electron chi connectivity index (χ4n) is 3.01. The van der Waals surface area contributed by atoms with Crippen molar-refractivity contribution in [1.29, 1.82) is 0 Å². The van der Waals surface area contributed by atoms with Crippen LogP contribution in [0.5, 0.6) is 0 Å². The summed E-state index contributed by atoms with van der Waals surface area (Å²) in [4.78, 5) is 14.2. The van der Waals surface area contributed by atoms with E-state index in [0.717, 1.165) is 43.9 Å². The number of nitrogens with zero attached hydrogens (tertiary/aromatic N) is 1. The van der Waals surface area contributed by atoms with Crippen LogP contribution in [-0.2, 0) is 0 Å². The first kappa shape index (κ1) is 13.9. The first-order valence-corrected chi connectivity index (χ1v) is 8.58. The third-order valence-corrected chi connectivity index (χ3v) is 5.46. The molecule has 4 nitrogen and oxygen atoms in total. The maximum atomic E-state index is 12.3. The van der Waals surface area contributed by atoms with Gasteiger partial charge in [-0.2, -0.15) is 0 Å². The zero-order valence-corrected chi connectivity index (χ0v) is 12.5. The summed E-state index contributed by atoms with van der Waals surface area (Å²) in [5, 5.41) is 3.56. The van der Waals surface area contributed by atoms with Crippen LogP contribution in [-0.4, -0.2) is 35.8 Å². The SMILES string of the molecule is O=C(NC1CCCC1)N1CCS[C@H](c2ccco2)CC1. The molecule has 0 aromatic carbocycles. The number of rotatable bonds is 2. The summed E-state index contributed by atoms with van der Waals surface area (Å²) in [6.07, 6.45) is 7.48. The molecule has 1 aromatic rings. The van der Waals surface area contributed by atoms with Gasteiger partial charge >= 0.3 is 6.03 Å². The second-order valence-electron chi connectivity index (χ2n) is 5.58. The summed E-state index contributed by atoms with van der Waals surface area (Å²) in [7, 11) is 0. The molecule has 5 heteroatoms. The van der Waals surface area contributed by atoms with Crippen molar-refractivity contribution in [2.24, 2.45) is 0 Å². The van der Waals surface area contributed by atoms with Crippen LogP contribution in [0.2, 0.25) is 0 Å². The first-order chi connectivity index (χ1) is 9.83. The predicted octanol–water partition coefficient (Wildman–Crippen LogP) is 3.41. The van der Waals surface area contributed by atoms with Gasteiger partial charge in [-0.25, -0.2) is 4.79 Å². The molecule has 0 radical (unpaired) electrons. The van der Waals surface area contributed by atoms with Gasteiger partial charge in [0.1, 0.15) is 5.76 Å². The number of thioether (sulfide) groups is 1. The Morgan fingerprint density at radius 1 is 1.30 bits per heavy atom. The highest BCUT2D eigenvalue weighted by atomic mass is 32.2. The zero-order valence-electron chi connectivity index (χ0n) is 11.7. The molecule has 3 rings (SSSR count). The molecule has 2 heterocycles. The van der Waals surface area contributed by atoms with Gasteiger partial charge in [-0.15, -0.1) is 11.8 Å². The van der Waals surface area contributed by atoms with Crippen LogP contribution >= 0.6 is 11.8 Å². The van der Waals surface area contributed by atoms with Crippen molar-refractivity contribution in [2.75, 3.05) is 18.8 Å². The largest absolute Gasteiger partial charge is 0.468 e. The van der Waals surface area contributed by atoms with Gasteiger partial charge in [0.2, 0.25) is 0 Å². The second-order valence-corrected chi connectivity index (χ2v) is 6.89. The van der Waals surface area contributed by atoms with E-state index in [4.69, 9.17) is 4.42 Å². The van der Waals surface area contributed by atoms with E-state index >= 15 is 0 Å². The lowest BCUT2D eigenvalue weighted by Crippen LogP contribution is -2.44. The molecule has 110 valence electrons. The molecule has 0 spiro atoms. The molecule has 20 heavy (non-hydrogen) atoms. The molecule has 1 aliphatic carbocycles. The number of amides is 2. The summed E-state index contributed by atoms with van der Waals surface area (Å²) < 4.78 is 5.49. The molecule has 1 atom stereocenters. The average molecular weight is 294 g/mol. The number of hydrogen-bond acceptors (Lipinski definition) is 3. The summed E-state index contributed by atoms with van der Waals surface area (Å²) in [5.74, 6) is 2.01. The van der Waals surface area contributed by atoms with E-state index in [9.17, 15) is 4.79 Å². The van der Waals surface area contributed by atoms with Gasteiger partial charge in [-0.1, -0.05) is 12.8 Å². The maximum Gasteiger partial charge on any atom is 0.317 e. The third-order valence-electron chi connectivity index (χ3n) is 4.17. The number of urea groups is 1. The Labute approximate surface area is 124 Å². The number of hydrogen-bond donors (Lipinski definition) is 1. The van der Waals surface area contributed by atoms with Gasteiger partial charge in [0.15, 0.2) is 0 Å². The first-order valence-electron chi connectivity index (χ1n) is 7.53. The van der Waals surface area contributed by atoms with Crippen LogP contribution in [0.15, 0.2) is 22.8 Å². The molecule has 1 N–H and O–H groups in total. The van der Waals surface area contributed by atoms with Crippen molar-refractivity contribution in [3.05, 3.63) is 24.2 Å². The fourth-order valence-corrected chi connectivity index (χ4v) is 4.19. The van der Waals surface area contributed by atoms with Gasteiger partial charge in [-0.05, 0) is 31.4 Å². The highest BCUT2D eigenvalue weighted by Gasteiger charge is 2.25. The monoisotopic (exact) mass is 294 g/mol. The minimum atomic E-state index is 0.123. The Balaban J connectivity index is 1.52. The molecule has 2 amide bonds. The van der Waals surface area contributed by atoms with Crippen LogP contribution in [0.4, 0.5) is 4.79 Å². The topological polar surface area (TPSA) is 45.5 Å². The zero-order chi connectivity index (χ0) is 13.8. The summed E-state index contributed by atoms with van der Waals surface area (Å²) in [6.45, 7) is 1.65. The van der Waals surface area contributed by atoms with Gasteiger partial charge in [0, 0.05) is 24.9 Å². The van der Waals surface area contributed by atoms with Gasteiger partial charge in [0.25, 0.3) is 0 Å². The quantitative estimate of drug-likeness (QED) is 0.909. The van der Waals surface area contributed by atoms with Gasteiger partial charge in [-0.3, -0.25) is 0 Å². The fraction of sp³-hybridized carbons (Fsp3) is 0.667. The maximum absolute atomic E-state index is 12.3. The summed E-state index contributed by atoms with van der Waals surface area (Å²) in [5.41, 5.74) is 0. The Morgan fingerprint density at radius 2 is 2.15 bits per heavy atom. The van der Waals surface area contributed by atoms with E-state index < -0.39 is 0 Å². The van der Waals surface area contributed by atoms with E-state index in [1.54, 1.807) is 6.26 Å². The standard InChI is InChI=1S/C15H22N2O2S/c18-15(16-12-4-1-2-5-12)17-8-7-14(20-11-9-17)13-6-3-10-19-13/h3,6,10,12,14H,1-2,4-5,7-9,11H2,(H,16,18)/t14-/m0/s1. The van der Waals surface area contributed by atoms with E-state index in [1.807, 2.05) is 28.8 Å². The van der Waals surface area contributed by atoms with E-state index in [0.29, 0.717) is 11.3 Å². The Morgan fingerprint density at radius 3 is 2.90 bits per heavy atom. The van der Waals surface area contributed by atoms with Crippen LogP contribution in [0.3, 0.4) is 0 Å². The molecular formula is C15H22N2O2S. The van der Waals surface area contributed by atoms with Crippen LogP contribution < -0.4 is 5.32 Å².